The van der Waals surface area contributed by atoms with Gasteiger partial charge in [-0.1, -0.05) is 91.9 Å². The number of phosphoric acid groups is 1. The van der Waals surface area contributed by atoms with Crippen LogP contribution in [-0.2, 0) is 18.1 Å². The summed E-state index contributed by atoms with van der Waals surface area (Å²) in [5.41, 5.74) is -1.30. The molecule has 0 aliphatic rings. The van der Waals surface area contributed by atoms with Gasteiger partial charge in [0.25, 0.3) is 0 Å². The normalized spacial score (nSPS) is 20.7. The molecule has 0 N–H and O–H groups in total. The summed E-state index contributed by atoms with van der Waals surface area (Å²) in [6.07, 6.45) is 0.489. The number of rotatable bonds is 7. The van der Waals surface area contributed by atoms with E-state index < -0.39 is 23.4 Å². The van der Waals surface area contributed by atoms with E-state index in [1.165, 1.54) is 0 Å². The van der Waals surface area contributed by atoms with Crippen LogP contribution in [0.5, 0.6) is 0 Å². The van der Waals surface area contributed by atoms with E-state index in [4.69, 9.17) is 25.2 Å². The summed E-state index contributed by atoms with van der Waals surface area (Å²) >= 11 is 12.7. The number of hydrogen-bond acceptors (Lipinski definition) is 4. The molecule has 21 heavy (non-hydrogen) atoms. The minimum Gasteiger partial charge on any atom is -0.271 e. The Kier molecular flexibility index (Phi) is 9.00. The van der Waals surface area contributed by atoms with Gasteiger partial charge in [-0.05, 0) is 17.3 Å². The zero-order chi connectivity index (χ0) is 17.1. The van der Waals surface area contributed by atoms with Crippen LogP contribution in [0.25, 0.3) is 0 Å². The lowest BCUT2D eigenvalue weighted by molar-refractivity contribution is 0.0416. The van der Waals surface area contributed by atoms with Crippen LogP contribution in [0.2, 0.25) is 0 Å². The van der Waals surface area contributed by atoms with Crippen molar-refractivity contribution in [2.75, 3.05) is 0 Å². The van der Waals surface area contributed by atoms with Crippen molar-refractivity contribution >= 4 is 51.3 Å². The van der Waals surface area contributed by atoms with Gasteiger partial charge in [0.2, 0.25) is 0 Å². The molecular weight excluding hydrogens is 446 g/mol. The zero-order valence-electron chi connectivity index (χ0n) is 13.7. The molecule has 0 aromatic heterocycles. The first kappa shape index (κ1) is 22.4. The van der Waals surface area contributed by atoms with Crippen molar-refractivity contribution in [3.8, 4) is 0 Å². The summed E-state index contributed by atoms with van der Waals surface area (Å²) < 4.78 is 29.3. The average molecular weight is 473 g/mol. The van der Waals surface area contributed by atoms with Gasteiger partial charge < -0.3 is 0 Å². The molecule has 0 amide bonds. The van der Waals surface area contributed by atoms with Gasteiger partial charge in [-0.3, -0.25) is 13.6 Å². The topological polar surface area (TPSA) is 44.8 Å². The minimum absolute atomic E-state index is 0.278. The Labute approximate surface area is 150 Å². The summed E-state index contributed by atoms with van der Waals surface area (Å²) in [6, 6.07) is 0. The molecule has 0 aliphatic carbocycles. The third kappa shape index (κ3) is 8.69. The van der Waals surface area contributed by atoms with Gasteiger partial charge in [0, 0.05) is 0 Å². The Bertz CT molecular complexity index is 342. The van der Waals surface area contributed by atoms with E-state index >= 15 is 0 Å². The standard InChI is InChI=1S/C13H26Br2ClO4P/c1-8-9(16)18-21(17,19-10(14)12(2,3)4)20-11(15)13(5,6)7/h9-11H,8H2,1-7H3. The maximum atomic E-state index is 12.9. The average Bonchev–Trinajstić information content (AvgIpc) is 2.25. The lowest BCUT2D eigenvalue weighted by Crippen LogP contribution is -2.27. The maximum Gasteiger partial charge on any atom is 0.478 e. The second-order valence-corrected chi connectivity index (χ2v) is 10.6. The number of hydrogen-bond donors (Lipinski definition) is 0. The van der Waals surface area contributed by atoms with Gasteiger partial charge in [0.05, 0.1) is 0 Å². The molecule has 128 valence electrons. The van der Waals surface area contributed by atoms with Crippen LogP contribution >= 0.6 is 51.3 Å². The van der Waals surface area contributed by atoms with Crippen molar-refractivity contribution in [1.82, 2.24) is 0 Å². The Morgan fingerprint density at radius 2 is 1.29 bits per heavy atom. The molecule has 0 fully saturated rings. The van der Waals surface area contributed by atoms with E-state index in [9.17, 15) is 4.57 Å². The SMILES string of the molecule is CCC(Cl)OP(=O)(OC(Br)C(C)(C)C)OC(Br)C(C)(C)C. The summed E-state index contributed by atoms with van der Waals surface area (Å²) in [5.74, 6) is 0. The molecule has 0 heterocycles. The second kappa shape index (κ2) is 8.46. The van der Waals surface area contributed by atoms with Crippen LogP contribution in [0.1, 0.15) is 54.9 Å². The van der Waals surface area contributed by atoms with E-state index in [1.54, 1.807) is 0 Å². The van der Waals surface area contributed by atoms with E-state index in [2.05, 4.69) is 31.9 Å². The van der Waals surface area contributed by atoms with Crippen LogP contribution in [0.15, 0.2) is 0 Å². The fraction of sp³-hybridized carbons (Fsp3) is 1.00. The first-order chi connectivity index (χ1) is 9.21. The predicted octanol–water partition coefficient (Wildman–Crippen LogP) is 6.65. The predicted molar refractivity (Wildman–Crippen MR) is 95.1 cm³/mol. The third-order valence-corrected chi connectivity index (χ3v) is 8.04. The molecule has 0 aliphatic heterocycles. The second-order valence-electron chi connectivity index (χ2n) is 6.95. The fourth-order valence-electron chi connectivity index (χ4n) is 0.832. The minimum atomic E-state index is -3.82. The molecule has 4 nitrogen and oxygen atoms in total. The number of phosphoric ester groups is 1. The highest BCUT2D eigenvalue weighted by Gasteiger charge is 2.40. The zero-order valence-corrected chi connectivity index (χ0v) is 18.5. The lowest BCUT2D eigenvalue weighted by Gasteiger charge is -2.33. The van der Waals surface area contributed by atoms with Crippen LogP contribution < -0.4 is 0 Å². The van der Waals surface area contributed by atoms with Crippen LogP contribution in [0, 0.1) is 10.8 Å². The highest BCUT2D eigenvalue weighted by atomic mass is 79.9. The molecule has 0 radical (unpaired) electrons. The Balaban J connectivity index is 5.15. The van der Waals surface area contributed by atoms with Gasteiger partial charge in [-0.2, -0.15) is 0 Å². The van der Waals surface area contributed by atoms with E-state index in [-0.39, 0.29) is 10.8 Å². The Hall–Kier alpha value is 1.36. The molecular formula is C13H26Br2ClO4P. The lowest BCUT2D eigenvalue weighted by atomic mass is 9.99. The molecule has 8 heteroatoms. The molecule has 0 rings (SSSR count). The molecule has 0 aromatic carbocycles. The maximum absolute atomic E-state index is 12.9. The Morgan fingerprint density at radius 3 is 1.52 bits per heavy atom. The van der Waals surface area contributed by atoms with Gasteiger partial charge in [0.15, 0.2) is 0 Å². The Morgan fingerprint density at radius 1 is 0.952 bits per heavy atom. The van der Waals surface area contributed by atoms with Gasteiger partial charge in [-0.15, -0.1) is 0 Å². The van der Waals surface area contributed by atoms with E-state index in [0.29, 0.717) is 6.42 Å². The van der Waals surface area contributed by atoms with E-state index in [1.807, 2.05) is 48.5 Å². The largest absolute Gasteiger partial charge is 0.478 e. The van der Waals surface area contributed by atoms with Gasteiger partial charge in [0.1, 0.15) is 15.6 Å². The quantitative estimate of drug-likeness (QED) is 0.307. The highest BCUT2D eigenvalue weighted by molar-refractivity contribution is 9.09. The van der Waals surface area contributed by atoms with Crippen molar-refractivity contribution in [3.63, 3.8) is 0 Å². The first-order valence-electron chi connectivity index (χ1n) is 6.78. The van der Waals surface area contributed by atoms with Crippen LogP contribution in [0.4, 0.5) is 0 Å². The third-order valence-electron chi connectivity index (χ3n) is 2.37. The molecule has 3 atom stereocenters. The van der Waals surface area contributed by atoms with Crippen LogP contribution in [0.3, 0.4) is 0 Å². The van der Waals surface area contributed by atoms with Crippen molar-refractivity contribution in [2.24, 2.45) is 10.8 Å². The number of alkyl halides is 3. The molecule has 0 aromatic rings. The van der Waals surface area contributed by atoms with E-state index in [0.717, 1.165) is 0 Å². The van der Waals surface area contributed by atoms with Crippen molar-refractivity contribution in [2.45, 2.75) is 70.5 Å². The van der Waals surface area contributed by atoms with Crippen molar-refractivity contribution in [1.29, 1.82) is 0 Å². The van der Waals surface area contributed by atoms with Gasteiger partial charge >= 0.3 is 7.82 Å². The van der Waals surface area contributed by atoms with Crippen molar-refractivity contribution in [3.05, 3.63) is 0 Å². The molecule has 3 unspecified atom stereocenters. The fourth-order valence-corrected chi connectivity index (χ4v) is 4.02. The highest BCUT2D eigenvalue weighted by Crippen LogP contribution is 2.58. The summed E-state index contributed by atoms with van der Waals surface area (Å²) in [7, 11) is -3.82. The number of halogens is 3. The molecule has 0 bridgehead atoms. The first-order valence-corrected chi connectivity index (χ1v) is 10.5. The summed E-state index contributed by atoms with van der Waals surface area (Å²) in [4.78, 5) is 0. The van der Waals surface area contributed by atoms with Crippen molar-refractivity contribution < 1.29 is 18.1 Å². The van der Waals surface area contributed by atoms with Gasteiger partial charge in [-0.25, -0.2) is 4.57 Å². The molecule has 0 saturated heterocycles. The molecule has 0 saturated carbocycles. The summed E-state index contributed by atoms with van der Waals surface area (Å²) in [5, 5.41) is -1.01. The van der Waals surface area contributed by atoms with Crippen LogP contribution in [-0.4, -0.2) is 15.6 Å². The molecule has 0 spiro atoms. The monoisotopic (exact) mass is 470 g/mol. The smallest absolute Gasteiger partial charge is 0.271 e. The summed E-state index contributed by atoms with van der Waals surface area (Å²) in [6.45, 7) is 13.5.